The van der Waals surface area contributed by atoms with Gasteiger partial charge in [-0.2, -0.15) is 4.57 Å². The second-order valence-electron chi connectivity index (χ2n) is 4.04. The van der Waals surface area contributed by atoms with Gasteiger partial charge < -0.3 is 0 Å². The van der Waals surface area contributed by atoms with Gasteiger partial charge in [0.25, 0.3) is 0 Å². The Labute approximate surface area is 108 Å². The van der Waals surface area contributed by atoms with Crippen molar-refractivity contribution in [2.75, 3.05) is 0 Å². The third-order valence-electron chi connectivity index (χ3n) is 2.72. The van der Waals surface area contributed by atoms with E-state index in [4.69, 9.17) is 0 Å². The summed E-state index contributed by atoms with van der Waals surface area (Å²) in [7, 11) is 0. The van der Waals surface area contributed by atoms with Crippen LogP contribution in [-0.2, 0) is 18.1 Å². The summed E-state index contributed by atoms with van der Waals surface area (Å²) in [6.45, 7) is 2.18. The van der Waals surface area contributed by atoms with E-state index >= 15 is 0 Å². The van der Waals surface area contributed by atoms with Gasteiger partial charge in [-0.15, -0.1) is 0 Å². The van der Waals surface area contributed by atoms with Crippen LogP contribution in [0.3, 0.4) is 0 Å². The number of pyridine rings is 1. The Kier molecular flexibility index (Phi) is 4.63. The van der Waals surface area contributed by atoms with Gasteiger partial charge in [0, 0.05) is 17.9 Å². The number of hydrogen-bond acceptors (Lipinski definition) is 1. The van der Waals surface area contributed by atoms with Gasteiger partial charge in [0.05, 0.1) is 0 Å². The molecule has 0 N–H and O–H groups in total. The summed E-state index contributed by atoms with van der Waals surface area (Å²) in [5.41, 5.74) is 2.79. The molecule has 17 heavy (non-hydrogen) atoms. The number of nitrogens with zero attached hydrogens (tertiary/aromatic N) is 1. The predicted molar refractivity (Wildman–Crippen MR) is 73.8 cm³/mol. The first kappa shape index (κ1) is 12.2. The van der Waals surface area contributed by atoms with Crippen LogP contribution in [0.25, 0.3) is 0 Å². The van der Waals surface area contributed by atoms with Gasteiger partial charge in [0.15, 0.2) is 18.3 Å². The van der Waals surface area contributed by atoms with Crippen LogP contribution < -0.4 is 4.57 Å². The molecular weight excluding hydrogens is 226 g/mol. The van der Waals surface area contributed by atoms with Crippen molar-refractivity contribution in [2.45, 2.75) is 25.0 Å². The van der Waals surface area contributed by atoms with Crippen molar-refractivity contribution >= 4 is 11.8 Å². The first-order chi connectivity index (χ1) is 8.38. The summed E-state index contributed by atoms with van der Waals surface area (Å²) in [4.78, 5) is 0. The highest BCUT2D eigenvalue weighted by Crippen LogP contribution is 2.11. The van der Waals surface area contributed by atoms with Crippen LogP contribution in [0.5, 0.6) is 0 Å². The minimum atomic E-state index is 1.01. The van der Waals surface area contributed by atoms with E-state index in [0.29, 0.717) is 0 Å². The molecule has 0 atom stereocenters. The van der Waals surface area contributed by atoms with E-state index in [2.05, 4.69) is 66.3 Å². The molecule has 0 radical (unpaired) electrons. The quantitative estimate of drug-likeness (QED) is 0.729. The van der Waals surface area contributed by atoms with Gasteiger partial charge in [-0.25, -0.2) is 0 Å². The summed E-state index contributed by atoms with van der Waals surface area (Å²) in [6, 6.07) is 15.0. The largest absolute Gasteiger partial charge is 0.195 e. The highest BCUT2D eigenvalue weighted by Gasteiger charge is 2.00. The van der Waals surface area contributed by atoms with E-state index in [9.17, 15) is 0 Å². The fraction of sp³-hybridized carbons (Fsp3) is 0.267. The Balaban J connectivity index is 1.82. The van der Waals surface area contributed by atoms with E-state index in [0.717, 1.165) is 18.1 Å². The number of aryl methyl sites for hydroxylation is 1. The molecule has 1 aromatic carbocycles. The molecule has 2 rings (SSSR count). The SMILES string of the molecule is CCc1cc[n+](CSCc2ccccc2)cc1. The van der Waals surface area contributed by atoms with E-state index in [1.807, 2.05) is 11.8 Å². The van der Waals surface area contributed by atoms with Crippen molar-refractivity contribution in [1.82, 2.24) is 0 Å². The molecule has 0 amide bonds. The first-order valence-electron chi connectivity index (χ1n) is 5.98. The van der Waals surface area contributed by atoms with E-state index < -0.39 is 0 Å². The predicted octanol–water partition coefficient (Wildman–Crippen LogP) is 3.43. The fourth-order valence-corrected chi connectivity index (χ4v) is 2.56. The molecule has 0 aliphatic rings. The van der Waals surface area contributed by atoms with Gasteiger partial charge in [0.1, 0.15) is 0 Å². The fourth-order valence-electron chi connectivity index (χ4n) is 1.65. The zero-order chi connectivity index (χ0) is 11.9. The Morgan fingerprint density at radius 1 is 0.941 bits per heavy atom. The van der Waals surface area contributed by atoms with Crippen molar-refractivity contribution in [1.29, 1.82) is 0 Å². The van der Waals surface area contributed by atoms with E-state index in [-0.39, 0.29) is 0 Å². The number of thioether (sulfide) groups is 1. The third-order valence-corrected chi connectivity index (χ3v) is 3.74. The van der Waals surface area contributed by atoms with Crippen molar-refractivity contribution in [3.63, 3.8) is 0 Å². The number of rotatable bonds is 5. The maximum atomic E-state index is 2.23. The third kappa shape index (κ3) is 3.90. The average molecular weight is 244 g/mol. The Bertz CT molecular complexity index is 436. The highest BCUT2D eigenvalue weighted by molar-refractivity contribution is 7.97. The van der Waals surface area contributed by atoms with Gasteiger partial charge in [0.2, 0.25) is 0 Å². The molecule has 0 spiro atoms. The summed E-state index contributed by atoms with van der Waals surface area (Å²) in [6.07, 6.45) is 5.44. The molecular formula is C15H18NS+. The Morgan fingerprint density at radius 2 is 1.65 bits per heavy atom. The maximum absolute atomic E-state index is 2.23. The Hall–Kier alpha value is -1.28. The standard InChI is InChI=1S/C15H18NS/c1-2-14-8-10-16(11-9-14)13-17-12-15-6-4-3-5-7-15/h3-11H,2,12-13H2,1H3/q+1. The molecule has 1 heterocycles. The molecule has 1 nitrogen and oxygen atoms in total. The summed E-state index contributed by atoms with van der Waals surface area (Å²) in [5, 5.41) is 0. The van der Waals surface area contributed by atoms with Crippen molar-refractivity contribution in [3.05, 3.63) is 66.0 Å². The van der Waals surface area contributed by atoms with Crippen molar-refractivity contribution < 1.29 is 4.57 Å². The molecule has 0 bridgehead atoms. The molecule has 88 valence electrons. The van der Waals surface area contributed by atoms with E-state index in [1.54, 1.807) is 0 Å². The smallest absolute Gasteiger partial charge is 0.194 e. The van der Waals surface area contributed by atoms with Gasteiger partial charge in [-0.1, -0.05) is 49.0 Å². The van der Waals surface area contributed by atoms with Gasteiger partial charge in [-0.3, -0.25) is 0 Å². The molecule has 0 fully saturated rings. The summed E-state index contributed by atoms with van der Waals surface area (Å²) in [5.74, 6) is 2.09. The van der Waals surface area contributed by atoms with Crippen LogP contribution in [0, 0.1) is 0 Å². The van der Waals surface area contributed by atoms with Crippen LogP contribution in [-0.4, -0.2) is 0 Å². The lowest BCUT2D eigenvalue weighted by Crippen LogP contribution is -2.30. The molecule has 2 heteroatoms. The average Bonchev–Trinajstić information content (AvgIpc) is 2.41. The minimum Gasteiger partial charge on any atom is -0.195 e. The number of aromatic nitrogens is 1. The monoisotopic (exact) mass is 244 g/mol. The minimum absolute atomic E-state index is 1.01. The molecule has 0 aliphatic carbocycles. The normalized spacial score (nSPS) is 10.4. The van der Waals surface area contributed by atoms with Crippen LogP contribution in [0.2, 0.25) is 0 Å². The molecule has 1 aromatic heterocycles. The van der Waals surface area contributed by atoms with Crippen LogP contribution in [0.15, 0.2) is 54.9 Å². The molecule has 0 unspecified atom stereocenters. The molecule has 2 aromatic rings. The van der Waals surface area contributed by atoms with Crippen molar-refractivity contribution in [3.8, 4) is 0 Å². The summed E-state index contributed by atoms with van der Waals surface area (Å²) >= 11 is 1.94. The zero-order valence-electron chi connectivity index (χ0n) is 10.2. The van der Waals surface area contributed by atoms with Gasteiger partial charge in [-0.05, 0) is 17.5 Å². The molecule has 0 saturated carbocycles. The lowest BCUT2D eigenvalue weighted by Gasteiger charge is -2.00. The molecule has 0 saturated heterocycles. The Morgan fingerprint density at radius 3 is 2.29 bits per heavy atom. The lowest BCUT2D eigenvalue weighted by atomic mass is 10.2. The molecule has 0 aliphatic heterocycles. The van der Waals surface area contributed by atoms with Crippen LogP contribution >= 0.6 is 11.8 Å². The second kappa shape index (κ2) is 6.45. The highest BCUT2D eigenvalue weighted by atomic mass is 32.2. The topological polar surface area (TPSA) is 3.88 Å². The zero-order valence-corrected chi connectivity index (χ0v) is 11.0. The van der Waals surface area contributed by atoms with Crippen LogP contribution in [0.4, 0.5) is 0 Å². The first-order valence-corrected chi connectivity index (χ1v) is 7.13. The van der Waals surface area contributed by atoms with Crippen LogP contribution in [0.1, 0.15) is 18.1 Å². The lowest BCUT2D eigenvalue weighted by molar-refractivity contribution is -0.676. The number of benzene rings is 1. The van der Waals surface area contributed by atoms with Crippen molar-refractivity contribution in [2.24, 2.45) is 0 Å². The summed E-state index contributed by atoms with van der Waals surface area (Å²) < 4.78 is 2.23. The van der Waals surface area contributed by atoms with Gasteiger partial charge >= 0.3 is 0 Å². The second-order valence-corrected chi connectivity index (χ2v) is 4.99. The number of hydrogen-bond donors (Lipinski definition) is 0. The van der Waals surface area contributed by atoms with E-state index in [1.165, 1.54) is 11.1 Å². The maximum Gasteiger partial charge on any atom is 0.194 e.